The Hall–Kier alpha value is -2.70. The molecule has 0 fully saturated rings. The van der Waals surface area contributed by atoms with Crippen molar-refractivity contribution in [3.63, 3.8) is 0 Å². The minimum Gasteiger partial charge on any atom is -0.480 e. The molecule has 132 valence electrons. The Bertz CT molecular complexity index is 797. The van der Waals surface area contributed by atoms with Crippen LogP contribution in [0.3, 0.4) is 0 Å². The van der Waals surface area contributed by atoms with E-state index in [9.17, 15) is 14.7 Å². The van der Waals surface area contributed by atoms with Crippen molar-refractivity contribution in [3.8, 4) is 0 Å². The molecule has 3 rings (SSSR count). The van der Waals surface area contributed by atoms with Crippen LogP contribution in [0.1, 0.15) is 29.7 Å². The third-order valence-corrected chi connectivity index (χ3v) is 4.71. The first-order valence-electron chi connectivity index (χ1n) is 8.34. The first-order valence-corrected chi connectivity index (χ1v) is 8.34. The molecule has 1 aromatic carbocycles. The molecular formula is C18H22N4O3. The molecule has 2 atom stereocenters. The Labute approximate surface area is 146 Å². The molecule has 0 bridgehead atoms. The van der Waals surface area contributed by atoms with Gasteiger partial charge in [0, 0.05) is 5.92 Å². The van der Waals surface area contributed by atoms with Gasteiger partial charge in [-0.1, -0.05) is 36.8 Å². The zero-order valence-corrected chi connectivity index (χ0v) is 14.6. The minimum absolute atomic E-state index is 0.167. The van der Waals surface area contributed by atoms with Crippen LogP contribution in [-0.2, 0) is 29.1 Å². The number of hydrogen-bond acceptors (Lipinski definition) is 4. The summed E-state index contributed by atoms with van der Waals surface area (Å²) in [7, 11) is 0. The van der Waals surface area contributed by atoms with Crippen molar-refractivity contribution in [3.05, 3.63) is 47.0 Å². The summed E-state index contributed by atoms with van der Waals surface area (Å²) >= 11 is 0. The smallest absolute Gasteiger partial charge is 0.328 e. The second-order valence-corrected chi connectivity index (χ2v) is 6.68. The number of aliphatic carboxylic acids is 1. The van der Waals surface area contributed by atoms with Crippen LogP contribution in [0.4, 0.5) is 0 Å². The Morgan fingerprint density at radius 2 is 1.92 bits per heavy atom. The molecule has 0 saturated carbocycles. The first-order chi connectivity index (χ1) is 11.9. The van der Waals surface area contributed by atoms with E-state index in [1.165, 1.54) is 10.5 Å². The minimum atomic E-state index is -1.00. The number of fused-ring (bicyclic) bond motifs is 1. The lowest BCUT2D eigenvalue weighted by atomic mass is 9.98. The highest BCUT2D eigenvalue weighted by atomic mass is 16.4. The Balaban J connectivity index is 1.79. The lowest BCUT2D eigenvalue weighted by Crippen LogP contribution is -2.52. The number of rotatable bonds is 4. The number of benzene rings is 1. The molecule has 0 radical (unpaired) electrons. The summed E-state index contributed by atoms with van der Waals surface area (Å²) in [6.07, 6.45) is 0.577. The van der Waals surface area contributed by atoms with Crippen molar-refractivity contribution in [2.75, 3.05) is 0 Å². The topological polar surface area (TPSA) is 88.3 Å². The standard InChI is InChI=1S/C18H22N4O3/c1-11-4-6-14(7-5-11)8-12(2)17(23)22-10-16-20-19-13(3)21(16)9-15(22)18(24)25/h4-7,12,15H,8-10H2,1-3H3,(H,24,25). The van der Waals surface area contributed by atoms with Crippen LogP contribution in [0, 0.1) is 19.8 Å². The molecule has 1 aliphatic rings. The molecule has 7 nitrogen and oxygen atoms in total. The van der Waals surface area contributed by atoms with Crippen molar-refractivity contribution in [1.82, 2.24) is 19.7 Å². The quantitative estimate of drug-likeness (QED) is 0.911. The fraction of sp³-hybridized carbons (Fsp3) is 0.444. The van der Waals surface area contributed by atoms with E-state index < -0.39 is 12.0 Å². The normalized spacial score (nSPS) is 17.9. The fourth-order valence-corrected chi connectivity index (χ4v) is 3.20. The number of amides is 1. The van der Waals surface area contributed by atoms with E-state index in [-0.39, 0.29) is 24.9 Å². The van der Waals surface area contributed by atoms with Gasteiger partial charge in [0.2, 0.25) is 5.91 Å². The monoisotopic (exact) mass is 342 g/mol. The summed E-state index contributed by atoms with van der Waals surface area (Å²) in [6, 6.07) is 7.14. The summed E-state index contributed by atoms with van der Waals surface area (Å²) in [5, 5.41) is 17.6. The van der Waals surface area contributed by atoms with E-state index in [1.807, 2.05) is 38.1 Å². The molecule has 1 amide bonds. The summed E-state index contributed by atoms with van der Waals surface area (Å²) in [5.41, 5.74) is 2.23. The first kappa shape index (κ1) is 17.1. The molecule has 2 aromatic rings. The maximum atomic E-state index is 12.9. The number of nitrogens with zero attached hydrogens (tertiary/aromatic N) is 4. The predicted molar refractivity (Wildman–Crippen MR) is 90.8 cm³/mol. The van der Waals surface area contributed by atoms with E-state index in [1.54, 1.807) is 11.5 Å². The van der Waals surface area contributed by atoms with Crippen molar-refractivity contribution < 1.29 is 14.7 Å². The SMILES string of the molecule is Cc1ccc(CC(C)C(=O)N2Cc3nnc(C)n3CC2C(=O)O)cc1. The van der Waals surface area contributed by atoms with Crippen LogP contribution in [0.5, 0.6) is 0 Å². The van der Waals surface area contributed by atoms with Gasteiger partial charge in [-0.05, 0) is 25.8 Å². The van der Waals surface area contributed by atoms with E-state index in [2.05, 4.69) is 10.2 Å². The van der Waals surface area contributed by atoms with Gasteiger partial charge in [0.1, 0.15) is 11.9 Å². The van der Waals surface area contributed by atoms with Crippen LogP contribution < -0.4 is 0 Å². The number of carbonyl (C=O) groups is 2. The molecule has 2 unspecified atom stereocenters. The van der Waals surface area contributed by atoms with E-state index in [0.29, 0.717) is 18.1 Å². The van der Waals surface area contributed by atoms with E-state index in [4.69, 9.17) is 0 Å². The fourth-order valence-electron chi connectivity index (χ4n) is 3.20. The van der Waals surface area contributed by atoms with Gasteiger partial charge in [0.05, 0.1) is 13.1 Å². The number of hydrogen-bond donors (Lipinski definition) is 1. The zero-order chi connectivity index (χ0) is 18.1. The lowest BCUT2D eigenvalue weighted by Gasteiger charge is -2.35. The third-order valence-electron chi connectivity index (χ3n) is 4.71. The molecule has 2 heterocycles. The molecule has 1 aromatic heterocycles. The Morgan fingerprint density at radius 1 is 1.24 bits per heavy atom. The van der Waals surface area contributed by atoms with Gasteiger partial charge in [0.25, 0.3) is 0 Å². The highest BCUT2D eigenvalue weighted by molar-refractivity contribution is 5.85. The highest BCUT2D eigenvalue weighted by Gasteiger charge is 2.37. The molecule has 25 heavy (non-hydrogen) atoms. The molecule has 0 aliphatic carbocycles. The molecular weight excluding hydrogens is 320 g/mol. The second-order valence-electron chi connectivity index (χ2n) is 6.68. The predicted octanol–water partition coefficient (Wildman–Crippen LogP) is 1.57. The maximum absolute atomic E-state index is 12.9. The van der Waals surface area contributed by atoms with Crippen molar-refractivity contribution in [1.29, 1.82) is 0 Å². The van der Waals surface area contributed by atoms with Crippen LogP contribution >= 0.6 is 0 Å². The van der Waals surface area contributed by atoms with Crippen molar-refractivity contribution in [2.45, 2.75) is 46.3 Å². The van der Waals surface area contributed by atoms with Gasteiger partial charge in [-0.15, -0.1) is 10.2 Å². The van der Waals surface area contributed by atoms with Crippen molar-refractivity contribution >= 4 is 11.9 Å². The van der Waals surface area contributed by atoms with Crippen molar-refractivity contribution in [2.24, 2.45) is 5.92 Å². The third kappa shape index (κ3) is 3.40. The zero-order valence-electron chi connectivity index (χ0n) is 14.6. The molecule has 0 saturated heterocycles. The number of carboxylic acids is 1. The average Bonchev–Trinajstić information content (AvgIpc) is 2.95. The number of carbonyl (C=O) groups excluding carboxylic acids is 1. The van der Waals surface area contributed by atoms with Gasteiger partial charge in [-0.3, -0.25) is 4.79 Å². The van der Waals surface area contributed by atoms with E-state index >= 15 is 0 Å². The second kappa shape index (κ2) is 6.66. The lowest BCUT2D eigenvalue weighted by molar-refractivity contribution is -0.154. The van der Waals surface area contributed by atoms with Crippen LogP contribution in [0.2, 0.25) is 0 Å². The van der Waals surface area contributed by atoms with Gasteiger partial charge in [-0.25, -0.2) is 4.79 Å². The molecule has 1 N–H and O–H groups in total. The Kier molecular flexibility index (Phi) is 4.57. The van der Waals surface area contributed by atoms with Gasteiger partial charge in [0.15, 0.2) is 5.82 Å². The van der Waals surface area contributed by atoms with Gasteiger partial charge >= 0.3 is 5.97 Å². The summed E-state index contributed by atoms with van der Waals surface area (Å²) in [5.74, 6) is -0.179. The van der Waals surface area contributed by atoms with Crippen LogP contribution in [0.25, 0.3) is 0 Å². The summed E-state index contributed by atoms with van der Waals surface area (Å²) < 4.78 is 1.77. The van der Waals surface area contributed by atoms with E-state index in [0.717, 1.165) is 5.56 Å². The molecule has 1 aliphatic heterocycles. The molecule has 7 heteroatoms. The summed E-state index contributed by atoms with van der Waals surface area (Å²) in [6.45, 7) is 6.00. The van der Waals surface area contributed by atoms with Gasteiger partial charge in [-0.2, -0.15) is 0 Å². The molecule has 0 spiro atoms. The number of aromatic nitrogens is 3. The van der Waals surface area contributed by atoms with Crippen LogP contribution in [-0.4, -0.2) is 42.7 Å². The number of carboxylic acid groups (broad SMARTS) is 1. The van der Waals surface area contributed by atoms with Gasteiger partial charge < -0.3 is 14.6 Å². The largest absolute Gasteiger partial charge is 0.480 e. The van der Waals surface area contributed by atoms with Crippen LogP contribution in [0.15, 0.2) is 24.3 Å². The Morgan fingerprint density at radius 3 is 2.56 bits per heavy atom. The number of aryl methyl sites for hydroxylation is 2. The highest BCUT2D eigenvalue weighted by Crippen LogP contribution is 2.22. The summed E-state index contributed by atoms with van der Waals surface area (Å²) in [4.78, 5) is 26.0. The maximum Gasteiger partial charge on any atom is 0.328 e. The average molecular weight is 342 g/mol.